The van der Waals surface area contributed by atoms with Crippen molar-refractivity contribution < 1.29 is 14.6 Å². The molecular formula is C13H10N2O3. The Hall–Kier alpha value is -2.56. The van der Waals surface area contributed by atoms with E-state index in [0.29, 0.717) is 11.4 Å². The van der Waals surface area contributed by atoms with Gasteiger partial charge in [-0.2, -0.15) is 0 Å². The van der Waals surface area contributed by atoms with Crippen molar-refractivity contribution in [3.8, 4) is 5.75 Å². The van der Waals surface area contributed by atoms with Gasteiger partial charge in [-0.1, -0.05) is 18.2 Å². The number of nitrogens with zero attached hydrogens (tertiary/aromatic N) is 2. The van der Waals surface area contributed by atoms with E-state index in [4.69, 9.17) is 4.74 Å². The third kappa shape index (κ3) is 1.66. The average molecular weight is 242 g/mol. The SMILES string of the molecule is O=C(O)C1Oc2ccccc2C=C1n1ccnc1. The van der Waals surface area contributed by atoms with E-state index in [1.807, 2.05) is 18.2 Å². The highest BCUT2D eigenvalue weighted by Gasteiger charge is 2.29. The Bertz CT molecular complexity index is 617. The van der Waals surface area contributed by atoms with E-state index in [2.05, 4.69) is 4.98 Å². The van der Waals surface area contributed by atoms with Crippen LogP contribution in [0.3, 0.4) is 0 Å². The zero-order valence-electron chi connectivity index (χ0n) is 9.35. The van der Waals surface area contributed by atoms with Crippen LogP contribution >= 0.6 is 0 Å². The molecule has 1 aliphatic heterocycles. The number of hydrogen-bond donors (Lipinski definition) is 1. The molecular weight excluding hydrogens is 232 g/mol. The number of carboxylic acids is 1. The van der Waals surface area contributed by atoms with Crippen LogP contribution in [0.5, 0.6) is 5.75 Å². The number of carboxylic acid groups (broad SMARTS) is 1. The first kappa shape index (κ1) is 10.6. The van der Waals surface area contributed by atoms with E-state index < -0.39 is 12.1 Å². The lowest BCUT2D eigenvalue weighted by Crippen LogP contribution is -2.32. The minimum atomic E-state index is -1.02. The number of para-hydroxylation sites is 1. The Morgan fingerprint density at radius 1 is 1.39 bits per heavy atom. The largest absolute Gasteiger partial charge is 0.478 e. The molecule has 0 aliphatic carbocycles. The summed E-state index contributed by atoms with van der Waals surface area (Å²) in [5.74, 6) is -0.446. The van der Waals surface area contributed by atoms with Crippen molar-refractivity contribution in [3.05, 3.63) is 48.5 Å². The fraction of sp³-hybridized carbons (Fsp3) is 0.0769. The van der Waals surface area contributed by atoms with Gasteiger partial charge >= 0.3 is 5.97 Å². The zero-order chi connectivity index (χ0) is 12.5. The number of aliphatic carboxylic acids is 1. The second-order valence-corrected chi connectivity index (χ2v) is 3.91. The Morgan fingerprint density at radius 3 is 2.94 bits per heavy atom. The lowest BCUT2D eigenvalue weighted by Gasteiger charge is -2.24. The number of fused-ring (bicyclic) bond motifs is 1. The minimum Gasteiger partial charge on any atom is -0.478 e. The normalized spacial score (nSPS) is 17.6. The lowest BCUT2D eigenvalue weighted by atomic mass is 10.1. The van der Waals surface area contributed by atoms with Crippen molar-refractivity contribution in [1.82, 2.24) is 9.55 Å². The molecule has 0 spiro atoms. The van der Waals surface area contributed by atoms with Gasteiger partial charge in [0, 0.05) is 18.0 Å². The van der Waals surface area contributed by atoms with Crippen LogP contribution in [0.4, 0.5) is 0 Å². The molecule has 0 radical (unpaired) electrons. The Kier molecular flexibility index (Phi) is 2.37. The highest BCUT2D eigenvalue weighted by atomic mass is 16.5. The average Bonchev–Trinajstić information content (AvgIpc) is 2.91. The van der Waals surface area contributed by atoms with E-state index in [1.165, 1.54) is 0 Å². The van der Waals surface area contributed by atoms with E-state index in [0.717, 1.165) is 5.56 Å². The molecule has 90 valence electrons. The van der Waals surface area contributed by atoms with Gasteiger partial charge in [0.25, 0.3) is 0 Å². The van der Waals surface area contributed by atoms with E-state index in [9.17, 15) is 9.90 Å². The summed E-state index contributed by atoms with van der Waals surface area (Å²) < 4.78 is 7.16. The highest BCUT2D eigenvalue weighted by molar-refractivity contribution is 5.93. The monoisotopic (exact) mass is 242 g/mol. The van der Waals surface area contributed by atoms with Crippen molar-refractivity contribution in [2.24, 2.45) is 0 Å². The molecule has 3 rings (SSSR count). The van der Waals surface area contributed by atoms with Crippen LogP contribution in [0.2, 0.25) is 0 Å². The van der Waals surface area contributed by atoms with E-state index in [-0.39, 0.29) is 0 Å². The Morgan fingerprint density at radius 2 is 2.22 bits per heavy atom. The summed E-state index contributed by atoms with van der Waals surface area (Å²) in [5.41, 5.74) is 1.40. The molecule has 1 aliphatic rings. The second-order valence-electron chi connectivity index (χ2n) is 3.91. The predicted octanol–water partition coefficient (Wildman–Crippen LogP) is 1.73. The minimum absolute atomic E-state index is 0.540. The van der Waals surface area contributed by atoms with E-state index in [1.54, 1.807) is 35.4 Å². The van der Waals surface area contributed by atoms with E-state index >= 15 is 0 Å². The molecule has 5 heteroatoms. The van der Waals surface area contributed by atoms with Crippen molar-refractivity contribution in [1.29, 1.82) is 0 Å². The van der Waals surface area contributed by atoms with Crippen LogP contribution in [-0.2, 0) is 4.79 Å². The van der Waals surface area contributed by atoms with Crippen molar-refractivity contribution in [2.75, 3.05) is 0 Å². The maximum absolute atomic E-state index is 11.3. The number of carbonyl (C=O) groups is 1. The fourth-order valence-corrected chi connectivity index (χ4v) is 1.93. The number of imidazole rings is 1. The van der Waals surface area contributed by atoms with Gasteiger partial charge in [0.15, 0.2) is 0 Å². The molecule has 0 fully saturated rings. The molecule has 1 N–H and O–H groups in total. The summed E-state index contributed by atoms with van der Waals surface area (Å²) in [6.07, 6.45) is 5.63. The molecule has 18 heavy (non-hydrogen) atoms. The third-order valence-corrected chi connectivity index (χ3v) is 2.76. The summed E-state index contributed by atoms with van der Waals surface area (Å²) in [7, 11) is 0. The summed E-state index contributed by atoms with van der Waals surface area (Å²) in [6.45, 7) is 0. The van der Waals surface area contributed by atoms with Gasteiger partial charge in [0.2, 0.25) is 6.10 Å². The topological polar surface area (TPSA) is 64.3 Å². The number of aromatic nitrogens is 2. The predicted molar refractivity (Wildman–Crippen MR) is 64.9 cm³/mol. The summed E-state index contributed by atoms with van der Waals surface area (Å²) in [5, 5.41) is 9.23. The molecule has 1 aromatic heterocycles. The first-order valence-corrected chi connectivity index (χ1v) is 5.44. The molecule has 2 heterocycles. The molecule has 5 nitrogen and oxygen atoms in total. The molecule has 0 bridgehead atoms. The second kappa shape index (κ2) is 4.03. The molecule has 1 aromatic carbocycles. The fourth-order valence-electron chi connectivity index (χ4n) is 1.93. The van der Waals surface area contributed by atoms with Gasteiger partial charge in [-0.25, -0.2) is 9.78 Å². The molecule has 0 amide bonds. The standard InChI is InChI=1S/C13H10N2O3/c16-13(17)12-10(15-6-5-14-8-15)7-9-3-1-2-4-11(9)18-12/h1-8,12H,(H,16,17). The van der Waals surface area contributed by atoms with Crippen LogP contribution in [-0.4, -0.2) is 26.7 Å². The third-order valence-electron chi connectivity index (χ3n) is 2.76. The zero-order valence-corrected chi connectivity index (χ0v) is 9.35. The molecule has 0 saturated carbocycles. The van der Waals surface area contributed by atoms with Gasteiger partial charge in [0.05, 0.1) is 12.0 Å². The summed E-state index contributed by atoms with van der Waals surface area (Å²) >= 11 is 0. The summed E-state index contributed by atoms with van der Waals surface area (Å²) in [6, 6.07) is 7.33. The van der Waals surface area contributed by atoms with Crippen LogP contribution in [0, 0.1) is 0 Å². The Labute approximate surface area is 103 Å². The first-order valence-electron chi connectivity index (χ1n) is 5.44. The maximum atomic E-state index is 11.3. The number of benzene rings is 1. The molecule has 1 atom stereocenters. The van der Waals surface area contributed by atoms with Gasteiger partial charge in [-0.05, 0) is 12.1 Å². The van der Waals surface area contributed by atoms with Crippen LogP contribution in [0.25, 0.3) is 11.8 Å². The van der Waals surface area contributed by atoms with Crippen LogP contribution < -0.4 is 4.74 Å². The van der Waals surface area contributed by atoms with Gasteiger partial charge in [0.1, 0.15) is 5.75 Å². The molecule has 2 aromatic rings. The molecule has 0 saturated heterocycles. The smallest absolute Gasteiger partial charge is 0.351 e. The lowest BCUT2D eigenvalue weighted by molar-refractivity contribution is -0.142. The molecule has 1 unspecified atom stereocenters. The quantitative estimate of drug-likeness (QED) is 0.871. The van der Waals surface area contributed by atoms with Crippen LogP contribution in [0.1, 0.15) is 5.56 Å². The van der Waals surface area contributed by atoms with Gasteiger partial charge < -0.3 is 14.4 Å². The number of hydrogen-bond acceptors (Lipinski definition) is 3. The van der Waals surface area contributed by atoms with Crippen LogP contribution in [0.15, 0.2) is 43.0 Å². The van der Waals surface area contributed by atoms with Crippen molar-refractivity contribution in [3.63, 3.8) is 0 Å². The van der Waals surface area contributed by atoms with Gasteiger partial charge in [-0.15, -0.1) is 0 Å². The number of rotatable bonds is 2. The van der Waals surface area contributed by atoms with Crippen molar-refractivity contribution in [2.45, 2.75) is 6.10 Å². The maximum Gasteiger partial charge on any atom is 0.351 e. The van der Waals surface area contributed by atoms with Gasteiger partial charge in [-0.3, -0.25) is 0 Å². The Balaban J connectivity index is 2.13. The summed E-state index contributed by atoms with van der Waals surface area (Å²) in [4.78, 5) is 15.2. The number of ether oxygens (including phenoxy) is 1. The highest BCUT2D eigenvalue weighted by Crippen LogP contribution is 2.31. The first-order chi connectivity index (χ1) is 8.75. The van der Waals surface area contributed by atoms with Crippen molar-refractivity contribution >= 4 is 17.7 Å².